The van der Waals surface area contributed by atoms with Crippen molar-refractivity contribution in [3.8, 4) is 11.5 Å². The van der Waals surface area contributed by atoms with E-state index in [9.17, 15) is 4.79 Å². The van der Waals surface area contributed by atoms with Gasteiger partial charge >= 0.3 is 5.97 Å². The number of aromatic nitrogens is 1. The number of pyridine rings is 1. The second kappa shape index (κ2) is 7.76. The van der Waals surface area contributed by atoms with E-state index in [-0.39, 0.29) is 18.4 Å². The number of fused-ring (bicyclic) bond motifs is 1. The van der Waals surface area contributed by atoms with Gasteiger partial charge in [-0.1, -0.05) is 35.3 Å². The Morgan fingerprint density at radius 1 is 1.28 bits per heavy atom. The summed E-state index contributed by atoms with van der Waals surface area (Å²) in [7, 11) is 0. The van der Waals surface area contributed by atoms with E-state index in [1.54, 1.807) is 18.2 Å². The lowest BCUT2D eigenvalue weighted by Gasteiger charge is -2.19. The normalized spacial score (nSPS) is 12.7. The number of hydrogen-bond donors (Lipinski definition) is 0. The lowest BCUT2D eigenvalue weighted by atomic mass is 10.1. The van der Waals surface area contributed by atoms with Crippen molar-refractivity contribution in [3.63, 3.8) is 0 Å². The number of esters is 1. The first-order valence-corrected chi connectivity index (χ1v) is 8.41. The van der Waals surface area contributed by atoms with Crippen LogP contribution in [0.15, 0.2) is 35.9 Å². The van der Waals surface area contributed by atoms with Gasteiger partial charge in [0.05, 0.1) is 22.9 Å². The fourth-order valence-electron chi connectivity index (χ4n) is 2.35. The van der Waals surface area contributed by atoms with Gasteiger partial charge in [0.15, 0.2) is 11.5 Å². The highest BCUT2D eigenvalue weighted by molar-refractivity contribution is 6.32. The summed E-state index contributed by atoms with van der Waals surface area (Å²) in [5, 5.41) is 0.672. The molecule has 1 aromatic heterocycles. The zero-order valence-corrected chi connectivity index (χ0v) is 14.9. The van der Waals surface area contributed by atoms with E-state index < -0.39 is 5.97 Å². The number of nitrogens with zero attached hydrogens (tertiary/aromatic N) is 1. The molecule has 0 fully saturated rings. The van der Waals surface area contributed by atoms with Gasteiger partial charge in [0.25, 0.3) is 0 Å². The van der Waals surface area contributed by atoms with E-state index in [0.717, 1.165) is 5.56 Å². The smallest absolute Gasteiger partial charge is 0.337 e. The van der Waals surface area contributed by atoms with Crippen molar-refractivity contribution < 1.29 is 19.0 Å². The van der Waals surface area contributed by atoms with Crippen LogP contribution in [0.25, 0.3) is 6.08 Å². The molecule has 0 saturated heterocycles. The monoisotopic (exact) mass is 379 g/mol. The highest BCUT2D eigenvalue weighted by Crippen LogP contribution is 2.36. The van der Waals surface area contributed by atoms with Crippen LogP contribution < -0.4 is 9.47 Å². The Kier molecular flexibility index (Phi) is 5.46. The summed E-state index contributed by atoms with van der Waals surface area (Å²) in [6.07, 6.45) is 1.73. The molecule has 5 nitrogen and oxygen atoms in total. The molecule has 25 heavy (non-hydrogen) atoms. The molecule has 130 valence electrons. The van der Waals surface area contributed by atoms with Crippen molar-refractivity contribution in [2.45, 2.75) is 13.5 Å². The van der Waals surface area contributed by atoms with Gasteiger partial charge in [-0.25, -0.2) is 9.78 Å². The van der Waals surface area contributed by atoms with Gasteiger partial charge in [-0.15, -0.1) is 0 Å². The molecule has 0 saturated carbocycles. The Balaban J connectivity index is 1.73. The first kappa shape index (κ1) is 17.6. The SMILES string of the molecule is CCOc1cccc2c1OCC(C(=O)OCc1nc(Cl)ccc1Cl)=C2. The average molecular weight is 380 g/mol. The van der Waals surface area contributed by atoms with Crippen LogP contribution in [-0.2, 0) is 16.1 Å². The van der Waals surface area contributed by atoms with Crippen LogP contribution in [-0.4, -0.2) is 24.2 Å². The zero-order valence-electron chi connectivity index (χ0n) is 13.4. The van der Waals surface area contributed by atoms with Gasteiger partial charge in [0.1, 0.15) is 18.4 Å². The van der Waals surface area contributed by atoms with Crippen LogP contribution in [0.1, 0.15) is 18.2 Å². The molecule has 1 aliphatic rings. The molecule has 2 aromatic rings. The van der Waals surface area contributed by atoms with E-state index in [1.807, 2.05) is 25.1 Å². The van der Waals surface area contributed by atoms with Crippen LogP contribution in [0.5, 0.6) is 11.5 Å². The minimum atomic E-state index is -0.495. The van der Waals surface area contributed by atoms with Crippen LogP contribution in [0.2, 0.25) is 10.2 Å². The van der Waals surface area contributed by atoms with Crippen LogP contribution >= 0.6 is 23.2 Å². The molecule has 0 atom stereocenters. The lowest BCUT2D eigenvalue weighted by Crippen LogP contribution is -2.18. The van der Waals surface area contributed by atoms with Crippen LogP contribution in [0.4, 0.5) is 0 Å². The molecule has 7 heteroatoms. The van der Waals surface area contributed by atoms with Crippen LogP contribution in [0, 0.1) is 0 Å². The Bertz CT molecular complexity index is 836. The standard InChI is InChI=1S/C18H15Cl2NO4/c1-2-23-15-5-3-4-11-8-12(9-24-17(11)15)18(22)25-10-14-13(19)6-7-16(20)21-14/h3-8H,2,9-10H2,1H3. The van der Waals surface area contributed by atoms with Gasteiger partial charge in [0, 0.05) is 5.56 Å². The maximum atomic E-state index is 12.3. The second-order valence-electron chi connectivity index (χ2n) is 5.20. The van der Waals surface area contributed by atoms with Crippen LogP contribution in [0.3, 0.4) is 0 Å². The van der Waals surface area contributed by atoms with Gasteiger partial charge in [-0.3, -0.25) is 0 Å². The number of carbonyl (C=O) groups excluding carboxylic acids is 1. The largest absolute Gasteiger partial charge is 0.490 e. The van der Waals surface area contributed by atoms with E-state index in [2.05, 4.69) is 4.98 Å². The lowest BCUT2D eigenvalue weighted by molar-refractivity contribution is -0.140. The highest BCUT2D eigenvalue weighted by atomic mass is 35.5. The Morgan fingerprint density at radius 2 is 2.12 bits per heavy atom. The van der Waals surface area contributed by atoms with E-state index in [4.69, 9.17) is 37.4 Å². The third-order valence-electron chi connectivity index (χ3n) is 3.50. The van der Waals surface area contributed by atoms with E-state index >= 15 is 0 Å². The Hall–Kier alpha value is -2.24. The highest BCUT2D eigenvalue weighted by Gasteiger charge is 2.21. The Morgan fingerprint density at radius 3 is 2.92 bits per heavy atom. The predicted molar refractivity (Wildman–Crippen MR) is 95.1 cm³/mol. The molecule has 0 aliphatic carbocycles. The third-order valence-corrected chi connectivity index (χ3v) is 4.05. The summed E-state index contributed by atoms with van der Waals surface area (Å²) < 4.78 is 16.5. The number of benzene rings is 1. The second-order valence-corrected chi connectivity index (χ2v) is 6.00. The minimum absolute atomic E-state index is 0.0680. The maximum Gasteiger partial charge on any atom is 0.337 e. The Labute approximate surface area is 155 Å². The molecule has 0 unspecified atom stereocenters. The number of carbonyl (C=O) groups is 1. The molecule has 0 bridgehead atoms. The molecule has 1 aliphatic heterocycles. The molecule has 0 spiro atoms. The summed E-state index contributed by atoms with van der Waals surface area (Å²) in [4.78, 5) is 16.3. The number of rotatable bonds is 5. The molecule has 2 heterocycles. The zero-order chi connectivity index (χ0) is 17.8. The summed E-state index contributed by atoms with van der Waals surface area (Å²) in [6, 6.07) is 8.69. The van der Waals surface area contributed by atoms with Gasteiger partial charge in [-0.05, 0) is 31.2 Å². The quantitative estimate of drug-likeness (QED) is 0.572. The minimum Gasteiger partial charge on any atom is -0.490 e. The number of halogens is 2. The number of para-hydroxylation sites is 1. The molecular weight excluding hydrogens is 365 g/mol. The van der Waals surface area contributed by atoms with E-state index in [1.165, 1.54) is 0 Å². The first-order chi connectivity index (χ1) is 12.1. The summed E-state index contributed by atoms with van der Waals surface area (Å²) in [5.74, 6) is 0.782. The summed E-state index contributed by atoms with van der Waals surface area (Å²) >= 11 is 11.8. The fraction of sp³-hybridized carbons (Fsp3) is 0.222. The molecular formula is C18H15Cl2NO4. The first-order valence-electron chi connectivity index (χ1n) is 7.65. The van der Waals surface area contributed by atoms with Gasteiger partial charge in [-0.2, -0.15) is 0 Å². The summed E-state index contributed by atoms with van der Waals surface area (Å²) in [6.45, 7) is 2.47. The number of ether oxygens (including phenoxy) is 3. The molecule has 0 N–H and O–H groups in total. The topological polar surface area (TPSA) is 57.7 Å². The average Bonchev–Trinajstić information content (AvgIpc) is 2.62. The van der Waals surface area contributed by atoms with Gasteiger partial charge < -0.3 is 14.2 Å². The predicted octanol–water partition coefficient (Wildman–Crippen LogP) is 4.31. The van der Waals surface area contributed by atoms with Crippen molar-refractivity contribution in [3.05, 3.63) is 57.3 Å². The summed E-state index contributed by atoms with van der Waals surface area (Å²) in [5.41, 5.74) is 1.57. The molecule has 1 aromatic carbocycles. The van der Waals surface area contributed by atoms with E-state index in [0.29, 0.717) is 34.4 Å². The molecule has 3 rings (SSSR count). The van der Waals surface area contributed by atoms with Crippen molar-refractivity contribution >= 4 is 35.2 Å². The maximum absolute atomic E-state index is 12.3. The fourth-order valence-corrected chi connectivity index (χ4v) is 2.68. The van der Waals surface area contributed by atoms with Crippen molar-refractivity contribution in [2.24, 2.45) is 0 Å². The number of hydrogen-bond acceptors (Lipinski definition) is 5. The molecule has 0 amide bonds. The van der Waals surface area contributed by atoms with Crippen molar-refractivity contribution in [1.82, 2.24) is 4.98 Å². The van der Waals surface area contributed by atoms with Crippen molar-refractivity contribution in [2.75, 3.05) is 13.2 Å². The third kappa shape index (κ3) is 4.06. The van der Waals surface area contributed by atoms with Crippen molar-refractivity contribution in [1.29, 1.82) is 0 Å². The molecule has 0 radical (unpaired) electrons. The van der Waals surface area contributed by atoms with Gasteiger partial charge in [0.2, 0.25) is 0 Å².